The van der Waals surface area contributed by atoms with Crippen LogP contribution in [0.5, 0.6) is 0 Å². The van der Waals surface area contributed by atoms with E-state index in [1.807, 2.05) is 21.7 Å². The van der Waals surface area contributed by atoms with Gasteiger partial charge in [0.25, 0.3) is 11.8 Å². The number of carbonyl (C=O) groups excluding carboxylic acids is 1. The first-order valence-electron chi connectivity index (χ1n) is 7.99. The van der Waals surface area contributed by atoms with Gasteiger partial charge in [0, 0.05) is 32.0 Å². The van der Waals surface area contributed by atoms with Crippen LogP contribution in [0.15, 0.2) is 21.3 Å². The van der Waals surface area contributed by atoms with E-state index in [9.17, 15) is 4.79 Å². The largest absolute Gasteiger partial charge is 0.384 e. The van der Waals surface area contributed by atoms with E-state index in [1.165, 1.54) is 11.3 Å². The van der Waals surface area contributed by atoms with Gasteiger partial charge in [0.15, 0.2) is 5.82 Å². The summed E-state index contributed by atoms with van der Waals surface area (Å²) >= 11 is 1.53. The summed E-state index contributed by atoms with van der Waals surface area (Å²) in [6.07, 6.45) is 2.48. The van der Waals surface area contributed by atoms with Gasteiger partial charge in [-0.2, -0.15) is 16.3 Å². The number of aromatic nitrogens is 2. The lowest BCUT2D eigenvalue weighted by Gasteiger charge is -2.32. The van der Waals surface area contributed by atoms with E-state index >= 15 is 0 Å². The van der Waals surface area contributed by atoms with Crippen LogP contribution in [-0.4, -0.2) is 53.9 Å². The lowest BCUT2D eigenvalue weighted by molar-refractivity contribution is -0.0153. The molecule has 24 heavy (non-hydrogen) atoms. The highest BCUT2D eigenvalue weighted by Gasteiger charge is 2.25. The maximum Gasteiger partial charge on any atom is 0.254 e. The summed E-state index contributed by atoms with van der Waals surface area (Å²) in [6.45, 7) is 2.20. The van der Waals surface area contributed by atoms with Gasteiger partial charge in [-0.25, -0.2) is 0 Å². The molecule has 0 spiro atoms. The van der Waals surface area contributed by atoms with Crippen LogP contribution in [0, 0.1) is 0 Å². The standard InChI is InChI=1S/C16H21N3O4S/c1-21-7-4-14-17-15(23-18-14)10-22-13-3-2-6-19(9-13)16(20)12-5-8-24-11-12/h5,8,11,13H,2-4,6-7,9-10H2,1H3/t13-/m1/s1. The van der Waals surface area contributed by atoms with E-state index in [0.717, 1.165) is 24.9 Å². The van der Waals surface area contributed by atoms with Gasteiger partial charge in [0.05, 0.1) is 18.3 Å². The number of piperidine rings is 1. The second-order valence-corrected chi connectivity index (χ2v) is 6.47. The molecule has 1 atom stereocenters. The van der Waals surface area contributed by atoms with Crippen molar-refractivity contribution < 1.29 is 18.8 Å². The third-order valence-electron chi connectivity index (χ3n) is 3.92. The Morgan fingerprint density at radius 1 is 1.54 bits per heavy atom. The summed E-state index contributed by atoms with van der Waals surface area (Å²) in [5.41, 5.74) is 0.750. The molecule has 0 radical (unpaired) electrons. The molecule has 7 nitrogen and oxygen atoms in total. The molecule has 1 aliphatic rings. The van der Waals surface area contributed by atoms with Crippen molar-refractivity contribution in [3.8, 4) is 0 Å². The van der Waals surface area contributed by atoms with Gasteiger partial charge in [0.2, 0.25) is 0 Å². The smallest absolute Gasteiger partial charge is 0.254 e. The maximum atomic E-state index is 12.4. The molecule has 130 valence electrons. The Hall–Kier alpha value is -1.77. The minimum absolute atomic E-state index is 0.00402. The van der Waals surface area contributed by atoms with Crippen molar-refractivity contribution in [1.29, 1.82) is 0 Å². The van der Waals surface area contributed by atoms with Crippen LogP contribution in [0.25, 0.3) is 0 Å². The zero-order valence-corrected chi connectivity index (χ0v) is 14.5. The molecular weight excluding hydrogens is 330 g/mol. The molecule has 0 aromatic carbocycles. The van der Waals surface area contributed by atoms with Crippen LogP contribution >= 0.6 is 11.3 Å². The SMILES string of the molecule is COCCc1noc(CO[C@@H]2CCCN(C(=O)c3ccsc3)C2)n1. The molecule has 1 aliphatic heterocycles. The van der Waals surface area contributed by atoms with E-state index in [-0.39, 0.29) is 18.6 Å². The van der Waals surface area contributed by atoms with E-state index in [4.69, 9.17) is 14.0 Å². The average Bonchev–Trinajstić information content (AvgIpc) is 3.29. The summed E-state index contributed by atoms with van der Waals surface area (Å²) in [6, 6.07) is 1.86. The summed E-state index contributed by atoms with van der Waals surface area (Å²) in [5, 5.41) is 7.69. The van der Waals surface area contributed by atoms with Crippen LogP contribution in [0.1, 0.15) is 34.9 Å². The van der Waals surface area contributed by atoms with E-state index in [1.54, 1.807) is 7.11 Å². The highest BCUT2D eigenvalue weighted by atomic mass is 32.1. The normalized spacial score (nSPS) is 18.0. The number of carbonyl (C=O) groups is 1. The molecule has 1 saturated heterocycles. The minimum Gasteiger partial charge on any atom is -0.384 e. The number of hydrogen-bond donors (Lipinski definition) is 0. The molecule has 2 aromatic rings. The predicted molar refractivity (Wildman–Crippen MR) is 87.9 cm³/mol. The predicted octanol–water partition coefficient (Wildman–Crippen LogP) is 2.14. The van der Waals surface area contributed by atoms with Crippen LogP contribution in [0.2, 0.25) is 0 Å². The van der Waals surface area contributed by atoms with Gasteiger partial charge in [-0.05, 0) is 24.3 Å². The molecule has 0 bridgehead atoms. The third-order valence-corrected chi connectivity index (χ3v) is 4.60. The second kappa shape index (κ2) is 8.36. The Balaban J connectivity index is 1.48. The summed E-state index contributed by atoms with van der Waals surface area (Å²) in [7, 11) is 1.64. The summed E-state index contributed by atoms with van der Waals surface area (Å²) < 4.78 is 16.0. The number of nitrogens with zero attached hydrogens (tertiary/aromatic N) is 3. The van der Waals surface area contributed by atoms with Crippen molar-refractivity contribution in [2.24, 2.45) is 0 Å². The highest BCUT2D eigenvalue weighted by molar-refractivity contribution is 7.08. The molecule has 3 heterocycles. The zero-order chi connectivity index (χ0) is 16.8. The summed E-state index contributed by atoms with van der Waals surface area (Å²) in [4.78, 5) is 18.5. The number of amides is 1. The Morgan fingerprint density at radius 2 is 2.46 bits per heavy atom. The maximum absolute atomic E-state index is 12.4. The molecule has 2 aromatic heterocycles. The van der Waals surface area contributed by atoms with Gasteiger partial charge in [-0.15, -0.1) is 0 Å². The summed E-state index contributed by atoms with van der Waals surface area (Å²) in [5.74, 6) is 1.15. The monoisotopic (exact) mass is 351 g/mol. The molecule has 3 rings (SSSR count). The molecule has 0 unspecified atom stereocenters. The number of thiophene rings is 1. The van der Waals surface area contributed by atoms with Crippen molar-refractivity contribution in [3.05, 3.63) is 34.1 Å². The van der Waals surface area contributed by atoms with Crippen LogP contribution in [-0.2, 0) is 22.5 Å². The Bertz CT molecular complexity index is 644. The van der Waals surface area contributed by atoms with E-state index in [0.29, 0.717) is 31.3 Å². The fourth-order valence-electron chi connectivity index (χ4n) is 2.66. The number of rotatable bonds is 7. The number of ether oxygens (including phenoxy) is 2. The van der Waals surface area contributed by atoms with Crippen LogP contribution < -0.4 is 0 Å². The topological polar surface area (TPSA) is 77.7 Å². The Labute approximate surface area is 144 Å². The first-order valence-corrected chi connectivity index (χ1v) is 8.94. The lowest BCUT2D eigenvalue weighted by atomic mass is 10.1. The highest BCUT2D eigenvalue weighted by Crippen LogP contribution is 2.18. The van der Waals surface area contributed by atoms with Gasteiger partial charge in [0.1, 0.15) is 6.61 Å². The fourth-order valence-corrected chi connectivity index (χ4v) is 3.29. The fraction of sp³-hybridized carbons (Fsp3) is 0.562. The van der Waals surface area contributed by atoms with Crippen molar-refractivity contribution in [2.75, 3.05) is 26.8 Å². The average molecular weight is 351 g/mol. The first kappa shape index (κ1) is 17.1. The number of hydrogen-bond acceptors (Lipinski definition) is 7. The van der Waals surface area contributed by atoms with E-state index < -0.39 is 0 Å². The zero-order valence-electron chi connectivity index (χ0n) is 13.6. The molecule has 1 amide bonds. The van der Waals surface area contributed by atoms with Gasteiger partial charge >= 0.3 is 0 Å². The van der Waals surface area contributed by atoms with Crippen molar-refractivity contribution in [2.45, 2.75) is 32.0 Å². The number of likely N-dealkylation sites (tertiary alicyclic amines) is 1. The van der Waals surface area contributed by atoms with Crippen LogP contribution in [0.3, 0.4) is 0 Å². The first-order chi connectivity index (χ1) is 11.8. The van der Waals surface area contributed by atoms with Gasteiger partial charge in [-0.1, -0.05) is 5.16 Å². The molecule has 0 saturated carbocycles. The molecule has 8 heteroatoms. The Morgan fingerprint density at radius 3 is 3.25 bits per heavy atom. The van der Waals surface area contributed by atoms with Gasteiger partial charge in [-0.3, -0.25) is 4.79 Å². The quantitative estimate of drug-likeness (QED) is 0.760. The minimum atomic E-state index is -0.00402. The Kier molecular flexibility index (Phi) is 5.95. The van der Waals surface area contributed by atoms with Crippen molar-refractivity contribution in [1.82, 2.24) is 15.0 Å². The third kappa shape index (κ3) is 4.40. The molecule has 0 aliphatic carbocycles. The number of methoxy groups -OCH3 is 1. The van der Waals surface area contributed by atoms with Crippen LogP contribution in [0.4, 0.5) is 0 Å². The van der Waals surface area contributed by atoms with E-state index in [2.05, 4.69) is 10.1 Å². The van der Waals surface area contributed by atoms with Crippen molar-refractivity contribution in [3.63, 3.8) is 0 Å². The molecular formula is C16H21N3O4S. The van der Waals surface area contributed by atoms with Crippen molar-refractivity contribution >= 4 is 17.2 Å². The molecule has 0 N–H and O–H groups in total. The lowest BCUT2D eigenvalue weighted by Crippen LogP contribution is -2.43. The second-order valence-electron chi connectivity index (χ2n) is 5.69. The molecule has 1 fully saturated rings. The van der Waals surface area contributed by atoms with Gasteiger partial charge < -0.3 is 18.9 Å².